The first kappa shape index (κ1) is 20.8. The van der Waals surface area contributed by atoms with Crippen molar-refractivity contribution in [2.24, 2.45) is 5.73 Å². The largest absolute Gasteiger partial charge is 0.480 e. The van der Waals surface area contributed by atoms with Gasteiger partial charge in [-0.1, -0.05) is 36.4 Å². The normalized spacial score (nSPS) is 17.7. The lowest BCUT2D eigenvalue weighted by Gasteiger charge is -2.31. The fraction of sp³-hybridized carbons (Fsp3) is 0.174. The first-order valence-electron chi connectivity index (χ1n) is 9.11. The fourth-order valence-electron chi connectivity index (χ4n) is 3.59. The number of halogens is 2. The Bertz CT molecular complexity index is 1040. The molecule has 0 bridgehead atoms. The van der Waals surface area contributed by atoms with Crippen LogP contribution in [0.2, 0.25) is 0 Å². The van der Waals surface area contributed by atoms with Gasteiger partial charge < -0.3 is 15.6 Å². The van der Waals surface area contributed by atoms with E-state index in [0.717, 1.165) is 22.3 Å². The van der Waals surface area contributed by atoms with E-state index in [1.807, 2.05) is 42.5 Å². The second-order valence-corrected chi connectivity index (χ2v) is 7.17. The number of para-hydroxylation sites is 1. The first-order chi connectivity index (χ1) is 13.4. The van der Waals surface area contributed by atoms with Crippen LogP contribution in [0.1, 0.15) is 17.5 Å². The van der Waals surface area contributed by atoms with Crippen LogP contribution in [0, 0.1) is 5.82 Å². The van der Waals surface area contributed by atoms with Gasteiger partial charge in [0.05, 0.1) is 0 Å². The van der Waals surface area contributed by atoms with Crippen molar-refractivity contribution in [1.82, 2.24) is 0 Å². The minimum atomic E-state index is -1.24. The van der Waals surface area contributed by atoms with Crippen LogP contribution in [0.15, 0.2) is 66.7 Å². The first-order valence-corrected chi connectivity index (χ1v) is 9.11. The highest BCUT2D eigenvalue weighted by atomic mass is 35.5. The molecular formula is C23H21ClFNO3. The lowest BCUT2D eigenvalue weighted by Crippen LogP contribution is -2.52. The van der Waals surface area contributed by atoms with E-state index in [-0.39, 0.29) is 24.6 Å². The number of nitrogens with two attached hydrogens (primary N) is 1. The van der Waals surface area contributed by atoms with Gasteiger partial charge in [0.1, 0.15) is 22.9 Å². The molecule has 150 valence electrons. The lowest BCUT2D eigenvalue weighted by molar-refractivity contribution is -0.143. The molecule has 3 aromatic carbocycles. The summed E-state index contributed by atoms with van der Waals surface area (Å²) in [5, 5.41) is 9.43. The van der Waals surface area contributed by atoms with Crippen LogP contribution in [0.3, 0.4) is 0 Å². The number of rotatable bonds is 4. The predicted molar refractivity (Wildman–Crippen MR) is 112 cm³/mol. The van der Waals surface area contributed by atoms with E-state index in [1.54, 1.807) is 12.1 Å². The average molecular weight is 414 g/mol. The molecule has 0 heterocycles. The Morgan fingerprint density at radius 2 is 1.76 bits per heavy atom. The van der Waals surface area contributed by atoms with E-state index in [4.69, 9.17) is 10.5 Å². The van der Waals surface area contributed by atoms with Gasteiger partial charge in [0, 0.05) is 12.0 Å². The summed E-state index contributed by atoms with van der Waals surface area (Å²) in [6, 6.07) is 19.5. The molecule has 0 amide bonds. The van der Waals surface area contributed by atoms with E-state index in [1.165, 1.54) is 12.1 Å². The summed E-state index contributed by atoms with van der Waals surface area (Å²) >= 11 is 0. The minimum absolute atomic E-state index is 0. The Morgan fingerprint density at radius 3 is 2.48 bits per heavy atom. The molecule has 6 heteroatoms. The molecule has 3 N–H and O–H groups in total. The van der Waals surface area contributed by atoms with E-state index in [9.17, 15) is 14.3 Å². The van der Waals surface area contributed by atoms with Gasteiger partial charge in [-0.2, -0.15) is 0 Å². The highest BCUT2D eigenvalue weighted by molar-refractivity contribution is 5.85. The molecule has 0 radical (unpaired) electrons. The van der Waals surface area contributed by atoms with Crippen LogP contribution < -0.4 is 10.5 Å². The summed E-state index contributed by atoms with van der Waals surface area (Å²) < 4.78 is 19.4. The third kappa shape index (κ3) is 4.26. The number of carboxylic acids is 1. The quantitative estimate of drug-likeness (QED) is 0.632. The predicted octanol–water partition coefficient (Wildman–Crippen LogP) is 4.98. The van der Waals surface area contributed by atoms with E-state index < -0.39 is 11.5 Å². The smallest absolute Gasteiger partial charge is 0.324 e. The molecular weight excluding hydrogens is 393 g/mol. The molecule has 1 aliphatic rings. The maximum absolute atomic E-state index is 13.2. The number of aryl methyl sites for hydroxylation is 1. The molecule has 1 aliphatic carbocycles. The third-order valence-electron chi connectivity index (χ3n) is 5.22. The van der Waals surface area contributed by atoms with Crippen molar-refractivity contribution in [2.45, 2.75) is 24.8 Å². The number of benzene rings is 3. The molecule has 0 fully saturated rings. The van der Waals surface area contributed by atoms with Gasteiger partial charge in [-0.25, -0.2) is 4.39 Å². The number of carbonyl (C=O) groups is 1. The second-order valence-electron chi connectivity index (χ2n) is 7.17. The van der Waals surface area contributed by atoms with Crippen LogP contribution in [0.4, 0.5) is 4.39 Å². The summed E-state index contributed by atoms with van der Waals surface area (Å²) in [6.07, 6.45) is 1.32. The van der Waals surface area contributed by atoms with Gasteiger partial charge in [0.2, 0.25) is 0 Å². The Hall–Kier alpha value is -2.89. The van der Waals surface area contributed by atoms with Gasteiger partial charge in [0.15, 0.2) is 0 Å². The second kappa shape index (κ2) is 8.23. The molecule has 0 aliphatic heterocycles. The SMILES string of the molecule is Cl.NC1(C(=O)O)CCc2ccc(Oc3ccccc3-c3ccc(F)cc3)cc2C1. The minimum Gasteiger partial charge on any atom is -0.480 e. The van der Waals surface area contributed by atoms with Crippen LogP contribution in [-0.2, 0) is 17.6 Å². The number of carboxylic acid groups (broad SMARTS) is 1. The van der Waals surface area contributed by atoms with Crippen molar-refractivity contribution in [3.63, 3.8) is 0 Å². The number of fused-ring (bicyclic) bond motifs is 1. The lowest BCUT2D eigenvalue weighted by atomic mass is 9.78. The highest BCUT2D eigenvalue weighted by Gasteiger charge is 2.37. The van der Waals surface area contributed by atoms with Gasteiger partial charge >= 0.3 is 5.97 Å². The summed E-state index contributed by atoms with van der Waals surface area (Å²) in [6.45, 7) is 0. The summed E-state index contributed by atoms with van der Waals surface area (Å²) in [5.41, 5.74) is 8.51. The number of ether oxygens (including phenoxy) is 1. The molecule has 0 saturated heterocycles. The monoisotopic (exact) mass is 413 g/mol. The van der Waals surface area contributed by atoms with Gasteiger partial charge in [-0.05, 0) is 59.9 Å². The molecule has 0 aromatic heterocycles. The Kier molecular flexibility index (Phi) is 5.91. The standard InChI is InChI=1S/C23H20FNO3.ClH/c24-18-8-5-16(6-9-18)20-3-1-2-4-21(20)28-19-10-7-15-11-12-23(25,22(26)27)14-17(15)13-19;/h1-10,13H,11-12,14,25H2,(H,26,27);1H. The van der Waals surface area contributed by atoms with Crippen LogP contribution in [0.5, 0.6) is 11.5 Å². The highest BCUT2D eigenvalue weighted by Crippen LogP contribution is 2.36. The van der Waals surface area contributed by atoms with Gasteiger partial charge in [-0.15, -0.1) is 12.4 Å². The van der Waals surface area contributed by atoms with Crippen molar-refractivity contribution in [3.8, 4) is 22.6 Å². The van der Waals surface area contributed by atoms with Crippen molar-refractivity contribution < 1.29 is 19.0 Å². The molecule has 4 nitrogen and oxygen atoms in total. The van der Waals surface area contributed by atoms with Crippen molar-refractivity contribution in [1.29, 1.82) is 0 Å². The van der Waals surface area contributed by atoms with E-state index >= 15 is 0 Å². The topological polar surface area (TPSA) is 72.6 Å². The van der Waals surface area contributed by atoms with Crippen molar-refractivity contribution in [3.05, 3.63) is 83.7 Å². The van der Waals surface area contributed by atoms with Crippen molar-refractivity contribution >= 4 is 18.4 Å². The van der Waals surface area contributed by atoms with E-state index in [0.29, 0.717) is 24.3 Å². The van der Waals surface area contributed by atoms with Crippen LogP contribution in [0.25, 0.3) is 11.1 Å². The van der Waals surface area contributed by atoms with Crippen molar-refractivity contribution in [2.75, 3.05) is 0 Å². The zero-order valence-electron chi connectivity index (χ0n) is 15.6. The number of aliphatic carboxylic acids is 1. The van der Waals surface area contributed by atoms with E-state index in [2.05, 4.69) is 0 Å². The van der Waals surface area contributed by atoms with Gasteiger partial charge in [0.25, 0.3) is 0 Å². The zero-order valence-corrected chi connectivity index (χ0v) is 16.4. The number of hydrogen-bond donors (Lipinski definition) is 2. The average Bonchev–Trinajstić information content (AvgIpc) is 2.69. The molecule has 1 unspecified atom stereocenters. The molecule has 4 rings (SSSR count). The summed E-state index contributed by atoms with van der Waals surface area (Å²) in [4.78, 5) is 11.5. The molecule has 1 atom stereocenters. The fourth-order valence-corrected chi connectivity index (χ4v) is 3.59. The summed E-state index contributed by atoms with van der Waals surface area (Å²) in [5.74, 6) is -0.0169. The Labute approximate surface area is 174 Å². The molecule has 0 saturated carbocycles. The molecule has 29 heavy (non-hydrogen) atoms. The number of hydrogen-bond acceptors (Lipinski definition) is 3. The van der Waals surface area contributed by atoms with Gasteiger partial charge in [-0.3, -0.25) is 4.79 Å². The van der Waals surface area contributed by atoms with Crippen LogP contribution >= 0.6 is 12.4 Å². The maximum atomic E-state index is 13.2. The zero-order chi connectivity index (χ0) is 19.7. The summed E-state index contributed by atoms with van der Waals surface area (Å²) in [7, 11) is 0. The van der Waals surface area contributed by atoms with Crippen LogP contribution in [-0.4, -0.2) is 16.6 Å². The molecule has 0 spiro atoms. The molecule has 3 aromatic rings. The Balaban J connectivity index is 0.00000240. The third-order valence-corrected chi connectivity index (χ3v) is 5.22. The Morgan fingerprint density at radius 1 is 1.03 bits per heavy atom. The maximum Gasteiger partial charge on any atom is 0.324 e.